The maximum atomic E-state index is 14.6. The third kappa shape index (κ3) is 7.70. The number of methoxy groups -OCH3 is 1. The van der Waals surface area contributed by atoms with Gasteiger partial charge in [-0.3, -0.25) is 14.4 Å². The second-order valence-corrected chi connectivity index (χ2v) is 13.2. The molecule has 3 fully saturated rings. The van der Waals surface area contributed by atoms with Gasteiger partial charge in [0.05, 0.1) is 12.6 Å². The van der Waals surface area contributed by atoms with Gasteiger partial charge in [-0.05, 0) is 86.8 Å². The molecule has 1 aliphatic heterocycles. The van der Waals surface area contributed by atoms with E-state index in [2.05, 4.69) is 32.0 Å². The molecule has 41 heavy (non-hydrogen) atoms. The zero-order valence-corrected chi connectivity index (χ0v) is 25.6. The minimum Gasteiger partial charge on any atom is -0.383 e. The number of carbonyl (C=O) groups is 1. The lowest BCUT2D eigenvalue weighted by Gasteiger charge is -2.49. The Balaban J connectivity index is 1.36. The highest BCUT2D eigenvalue weighted by atomic mass is 35.5. The minimum absolute atomic E-state index is 0.172. The summed E-state index contributed by atoms with van der Waals surface area (Å²) in [6.07, 6.45) is 16.8. The van der Waals surface area contributed by atoms with Crippen LogP contribution in [0.4, 0.5) is 0 Å². The second-order valence-electron chi connectivity index (χ2n) is 12.8. The summed E-state index contributed by atoms with van der Waals surface area (Å²) in [6, 6.07) is 8.36. The quantitative estimate of drug-likeness (QED) is 0.402. The van der Waals surface area contributed by atoms with Crippen LogP contribution in [0.2, 0.25) is 5.02 Å². The molecule has 3 aliphatic rings. The van der Waals surface area contributed by atoms with Gasteiger partial charge in [0.15, 0.2) is 0 Å². The Labute approximate surface area is 250 Å². The van der Waals surface area contributed by atoms with Crippen LogP contribution in [0.5, 0.6) is 0 Å². The Morgan fingerprint density at radius 2 is 1.80 bits per heavy atom. The molecule has 9 heteroatoms. The highest BCUT2D eigenvalue weighted by molar-refractivity contribution is 6.30. The predicted octanol–water partition coefficient (Wildman–Crippen LogP) is 4.95. The van der Waals surface area contributed by atoms with Crippen LogP contribution in [0.3, 0.4) is 0 Å². The summed E-state index contributed by atoms with van der Waals surface area (Å²) >= 11 is 6.22. The Bertz CT molecular complexity index is 1060. The van der Waals surface area contributed by atoms with Crippen LogP contribution in [0, 0.1) is 11.3 Å². The summed E-state index contributed by atoms with van der Waals surface area (Å²) in [7, 11) is 1.75. The number of nitrogens with two attached hydrogens (primary N) is 1. The summed E-state index contributed by atoms with van der Waals surface area (Å²) < 4.78 is 7.57. The molecule has 0 spiro atoms. The van der Waals surface area contributed by atoms with E-state index in [1.165, 1.54) is 32.1 Å². The number of rotatable bonds is 11. The first-order valence-electron chi connectivity index (χ1n) is 15.8. The third-order valence-corrected chi connectivity index (χ3v) is 10.5. The van der Waals surface area contributed by atoms with E-state index in [1.54, 1.807) is 13.4 Å². The Morgan fingerprint density at radius 1 is 1.10 bits per heavy atom. The lowest BCUT2D eigenvalue weighted by atomic mass is 9.63. The molecule has 1 saturated heterocycles. The summed E-state index contributed by atoms with van der Waals surface area (Å²) in [5, 5.41) is 5.20. The molecule has 2 N–H and O–H groups in total. The summed E-state index contributed by atoms with van der Waals surface area (Å²) in [5.41, 5.74) is 7.60. The standard InChI is InChI=1S/C32H49ClN6O2/c1-41-20-19-39(29-13-11-28(34)12-14-29)30(21-25-7-9-27(33)10-8-25)31(40)37-17-15-32(16-18-37,22-38-24-35-23-36-38)26-5-3-2-4-6-26/h7-10,23-24,26,28-30H,2-6,11-22,34H2,1H3/t28?,29?,30-/m1/s1. The van der Waals surface area contributed by atoms with Crippen molar-refractivity contribution in [2.75, 3.05) is 33.4 Å². The predicted molar refractivity (Wildman–Crippen MR) is 163 cm³/mol. The number of carbonyl (C=O) groups excluding carboxylic acids is 1. The van der Waals surface area contributed by atoms with E-state index in [1.807, 2.05) is 23.1 Å². The number of hydrogen-bond donors (Lipinski definition) is 1. The molecule has 2 aromatic rings. The van der Waals surface area contributed by atoms with Gasteiger partial charge < -0.3 is 15.4 Å². The van der Waals surface area contributed by atoms with E-state index >= 15 is 0 Å². The van der Waals surface area contributed by atoms with Crippen LogP contribution in [0.15, 0.2) is 36.9 Å². The van der Waals surface area contributed by atoms with E-state index < -0.39 is 0 Å². The van der Waals surface area contributed by atoms with Gasteiger partial charge in [0.2, 0.25) is 5.91 Å². The first kappa shape index (κ1) is 30.5. The van der Waals surface area contributed by atoms with E-state index in [0.29, 0.717) is 25.0 Å². The summed E-state index contributed by atoms with van der Waals surface area (Å²) in [5.74, 6) is 0.941. The first-order chi connectivity index (χ1) is 20.0. The molecule has 2 saturated carbocycles. The maximum absolute atomic E-state index is 14.6. The van der Waals surface area contributed by atoms with Gasteiger partial charge in [0, 0.05) is 50.4 Å². The maximum Gasteiger partial charge on any atom is 0.240 e. The Morgan fingerprint density at radius 3 is 2.44 bits per heavy atom. The second kappa shape index (κ2) is 14.5. The van der Waals surface area contributed by atoms with Crippen LogP contribution >= 0.6 is 11.6 Å². The molecule has 8 nitrogen and oxygen atoms in total. The fourth-order valence-corrected chi connectivity index (χ4v) is 7.97. The number of likely N-dealkylation sites (tertiary alicyclic amines) is 1. The van der Waals surface area contributed by atoms with E-state index in [-0.39, 0.29) is 23.4 Å². The number of ether oxygens (including phenoxy) is 1. The van der Waals surface area contributed by atoms with Crippen LogP contribution in [-0.2, 0) is 22.5 Å². The average molecular weight is 585 g/mol. The van der Waals surface area contributed by atoms with Gasteiger partial charge in [0.25, 0.3) is 0 Å². The first-order valence-corrected chi connectivity index (χ1v) is 16.2. The van der Waals surface area contributed by atoms with Gasteiger partial charge >= 0.3 is 0 Å². The highest BCUT2D eigenvalue weighted by Gasteiger charge is 2.44. The molecule has 2 aliphatic carbocycles. The van der Waals surface area contributed by atoms with Crippen molar-refractivity contribution in [1.29, 1.82) is 0 Å². The number of piperidine rings is 1. The third-order valence-electron chi connectivity index (χ3n) is 10.3. The number of benzene rings is 1. The van der Waals surface area contributed by atoms with Crippen molar-refractivity contribution >= 4 is 17.5 Å². The van der Waals surface area contributed by atoms with Crippen molar-refractivity contribution in [3.05, 3.63) is 47.5 Å². The zero-order chi connectivity index (χ0) is 28.7. The van der Waals surface area contributed by atoms with Crippen LogP contribution in [-0.4, -0.2) is 81.9 Å². The van der Waals surface area contributed by atoms with Crippen LogP contribution in [0.1, 0.15) is 76.2 Å². The molecule has 0 radical (unpaired) electrons. The van der Waals surface area contributed by atoms with Crippen LogP contribution in [0.25, 0.3) is 0 Å². The van der Waals surface area contributed by atoms with Crippen molar-refractivity contribution < 1.29 is 9.53 Å². The van der Waals surface area contributed by atoms with Crippen molar-refractivity contribution in [2.24, 2.45) is 17.1 Å². The van der Waals surface area contributed by atoms with E-state index in [9.17, 15) is 4.79 Å². The number of amides is 1. The van der Waals surface area contributed by atoms with Gasteiger partial charge in [0.1, 0.15) is 12.7 Å². The van der Waals surface area contributed by atoms with E-state index in [0.717, 1.165) is 75.3 Å². The topological polar surface area (TPSA) is 89.5 Å². The monoisotopic (exact) mass is 584 g/mol. The molecular weight excluding hydrogens is 536 g/mol. The van der Waals surface area contributed by atoms with Crippen molar-refractivity contribution in [1.82, 2.24) is 24.6 Å². The van der Waals surface area contributed by atoms with Crippen molar-refractivity contribution in [2.45, 2.75) is 102 Å². The van der Waals surface area contributed by atoms with E-state index in [4.69, 9.17) is 22.1 Å². The molecule has 0 bridgehead atoms. The fraction of sp³-hybridized carbons (Fsp3) is 0.719. The SMILES string of the molecule is COCCN(C1CCC(N)CC1)[C@H](Cc1ccc(Cl)cc1)C(=O)N1CCC(Cn2cncn2)(C2CCCCC2)CC1. The largest absolute Gasteiger partial charge is 0.383 e. The van der Waals surface area contributed by atoms with Gasteiger partial charge in [-0.25, -0.2) is 4.98 Å². The molecule has 226 valence electrons. The average Bonchev–Trinajstić information content (AvgIpc) is 3.52. The lowest BCUT2D eigenvalue weighted by molar-refractivity contribution is -0.142. The zero-order valence-electron chi connectivity index (χ0n) is 24.8. The number of aromatic nitrogens is 3. The summed E-state index contributed by atoms with van der Waals surface area (Å²) in [4.78, 5) is 23.4. The van der Waals surface area contributed by atoms with Crippen molar-refractivity contribution in [3.8, 4) is 0 Å². The minimum atomic E-state index is -0.233. The van der Waals surface area contributed by atoms with Crippen LogP contribution < -0.4 is 5.73 Å². The molecule has 2 heterocycles. The van der Waals surface area contributed by atoms with Gasteiger partial charge in [-0.2, -0.15) is 5.10 Å². The lowest BCUT2D eigenvalue weighted by Crippen LogP contribution is -2.57. The molecule has 0 unspecified atom stereocenters. The molecular formula is C32H49ClN6O2. The van der Waals surface area contributed by atoms with Gasteiger partial charge in [-0.15, -0.1) is 0 Å². The molecule has 1 atom stereocenters. The molecule has 1 aromatic carbocycles. The Hall–Kier alpha value is -2.00. The van der Waals surface area contributed by atoms with Crippen molar-refractivity contribution in [3.63, 3.8) is 0 Å². The van der Waals surface area contributed by atoms with Gasteiger partial charge in [-0.1, -0.05) is 43.0 Å². The molecule has 1 amide bonds. The normalized spacial score (nSPS) is 24.4. The number of halogens is 1. The highest BCUT2D eigenvalue weighted by Crippen LogP contribution is 2.47. The number of hydrogen-bond acceptors (Lipinski definition) is 6. The Kier molecular flexibility index (Phi) is 10.7. The smallest absolute Gasteiger partial charge is 0.240 e. The molecule has 1 aromatic heterocycles. The molecule has 5 rings (SSSR count). The fourth-order valence-electron chi connectivity index (χ4n) is 7.84. The number of nitrogens with zero attached hydrogens (tertiary/aromatic N) is 5. The summed E-state index contributed by atoms with van der Waals surface area (Å²) in [6.45, 7) is 3.85.